The molecule has 0 bridgehead atoms. The van der Waals surface area contributed by atoms with Gasteiger partial charge in [0.1, 0.15) is 24.4 Å². The molecule has 0 aromatic rings. The second-order valence-corrected chi connectivity index (χ2v) is 23.9. The molecule has 0 spiro atoms. The van der Waals surface area contributed by atoms with Crippen LogP contribution in [0.3, 0.4) is 0 Å². The van der Waals surface area contributed by atoms with Gasteiger partial charge in [0.2, 0.25) is 5.91 Å². The molecule has 1 saturated heterocycles. The summed E-state index contributed by atoms with van der Waals surface area (Å²) in [6, 6.07) is -1.02. The van der Waals surface area contributed by atoms with E-state index in [9.17, 15) is 35.1 Å². The topological polar surface area (TPSA) is 175 Å². The molecule has 0 aromatic carbocycles. The van der Waals surface area contributed by atoms with Crippen molar-refractivity contribution in [3.05, 3.63) is 24.3 Å². The fourth-order valence-electron chi connectivity index (χ4n) is 10.9. The van der Waals surface area contributed by atoms with Gasteiger partial charge in [0.05, 0.1) is 25.4 Å². The molecule has 1 amide bonds. The third-order valence-corrected chi connectivity index (χ3v) is 16.4. The van der Waals surface area contributed by atoms with Crippen molar-refractivity contribution in [1.29, 1.82) is 0 Å². The Morgan fingerprint density at radius 3 is 1.23 bits per heavy atom. The Bertz CT molecular complexity index is 1380. The first-order valence-electron chi connectivity index (χ1n) is 34.1. The van der Waals surface area contributed by atoms with Crippen molar-refractivity contribution >= 4 is 11.9 Å². The molecule has 466 valence electrons. The third kappa shape index (κ3) is 44.4. The van der Waals surface area contributed by atoms with Crippen molar-refractivity contribution in [2.75, 3.05) is 13.2 Å². The van der Waals surface area contributed by atoms with Crippen LogP contribution < -0.4 is 5.32 Å². The quantitative estimate of drug-likeness (QED) is 0.0195. The number of carbonyl (C=O) groups is 2. The average Bonchev–Trinajstić information content (AvgIpc) is 3.49. The molecule has 8 atom stereocenters. The standard InChI is InChI=1S/C68H129NO10/c1-4-7-10-13-16-19-22-25-27-29-31-33-35-38-41-44-47-50-53-56-63(73)79-66-65(75)64(74)62(57-70)78-68(66)77-58-59(60(71)54-51-48-45-42-39-36-24-21-18-15-12-9-6-3)69-67(76)61(72)55-52-49-46-43-40-37-34-32-30-28-26-23-20-17-14-11-8-5-2/h25,27,51,54,59-62,64-66,68,70-72,74-75H,4-24,26,28-50,52-53,55-58H2,1-3H3,(H,69,76)/b27-25+,54-51+. The van der Waals surface area contributed by atoms with Crippen molar-refractivity contribution in [3.63, 3.8) is 0 Å². The molecule has 0 aromatic heterocycles. The predicted molar refractivity (Wildman–Crippen MR) is 329 cm³/mol. The molecule has 6 N–H and O–H groups in total. The van der Waals surface area contributed by atoms with Crippen LogP contribution in [0.25, 0.3) is 0 Å². The Balaban J connectivity index is 2.63. The van der Waals surface area contributed by atoms with Gasteiger partial charge in [-0.2, -0.15) is 0 Å². The predicted octanol–water partition coefficient (Wildman–Crippen LogP) is 16.8. The summed E-state index contributed by atoms with van der Waals surface area (Å²) in [5.74, 6) is -1.18. The van der Waals surface area contributed by atoms with Gasteiger partial charge in [0.15, 0.2) is 12.4 Å². The Morgan fingerprint density at radius 2 is 0.835 bits per heavy atom. The van der Waals surface area contributed by atoms with Crippen molar-refractivity contribution < 1.29 is 49.3 Å². The van der Waals surface area contributed by atoms with Gasteiger partial charge in [0.25, 0.3) is 0 Å². The van der Waals surface area contributed by atoms with Gasteiger partial charge >= 0.3 is 5.97 Å². The fraction of sp³-hybridized carbons (Fsp3) is 0.912. The molecule has 11 nitrogen and oxygen atoms in total. The first kappa shape index (κ1) is 75.2. The molecule has 8 unspecified atom stereocenters. The highest BCUT2D eigenvalue weighted by Gasteiger charge is 2.47. The lowest BCUT2D eigenvalue weighted by Gasteiger charge is -2.41. The Labute approximate surface area is 486 Å². The number of ether oxygens (including phenoxy) is 3. The molecular formula is C68H129NO10. The SMILES string of the molecule is CCCCCCCC/C=C/CCCCCCCCCCCC(=O)OC1C(OCC(NC(=O)C(O)CCCCCCCCCCCCCCCCCCCC)C(O)/C=C/CCCCCCCCCCCCC)OC(CO)C(O)C1O. The van der Waals surface area contributed by atoms with Crippen LogP contribution in [-0.4, -0.2) is 99.6 Å². The molecule has 1 aliphatic rings. The monoisotopic (exact) mass is 1120 g/mol. The van der Waals surface area contributed by atoms with Crippen molar-refractivity contribution in [1.82, 2.24) is 5.32 Å². The normalized spacial score (nSPS) is 18.9. The molecule has 0 aliphatic carbocycles. The Morgan fingerprint density at radius 1 is 0.481 bits per heavy atom. The second kappa shape index (κ2) is 56.6. The largest absolute Gasteiger partial charge is 0.454 e. The molecule has 1 aliphatic heterocycles. The van der Waals surface area contributed by atoms with Crippen LogP contribution in [-0.2, 0) is 23.8 Å². The minimum Gasteiger partial charge on any atom is -0.454 e. The lowest BCUT2D eigenvalue weighted by atomic mass is 9.99. The fourth-order valence-corrected chi connectivity index (χ4v) is 10.9. The minimum atomic E-state index is -1.61. The molecule has 0 radical (unpaired) electrons. The molecule has 1 rings (SSSR count). The number of amides is 1. The van der Waals surface area contributed by atoms with Crippen molar-refractivity contribution in [2.24, 2.45) is 0 Å². The Hall–Kier alpha value is -1.86. The van der Waals surface area contributed by atoms with Gasteiger partial charge < -0.3 is 45.1 Å². The maximum absolute atomic E-state index is 13.5. The van der Waals surface area contributed by atoms with Crippen LogP contribution in [0, 0.1) is 0 Å². The summed E-state index contributed by atoms with van der Waals surface area (Å²) >= 11 is 0. The van der Waals surface area contributed by atoms with Gasteiger partial charge in [-0.25, -0.2) is 0 Å². The van der Waals surface area contributed by atoms with Crippen LogP contribution in [0.1, 0.15) is 335 Å². The number of esters is 1. The highest BCUT2D eigenvalue weighted by molar-refractivity contribution is 5.80. The molecule has 11 heteroatoms. The van der Waals surface area contributed by atoms with Crippen molar-refractivity contribution in [2.45, 2.75) is 384 Å². The average molecular weight is 1120 g/mol. The van der Waals surface area contributed by atoms with Crippen LogP contribution in [0.2, 0.25) is 0 Å². The maximum atomic E-state index is 13.5. The first-order chi connectivity index (χ1) is 38.7. The third-order valence-electron chi connectivity index (χ3n) is 16.4. The van der Waals surface area contributed by atoms with Gasteiger partial charge in [-0.3, -0.25) is 9.59 Å². The highest BCUT2D eigenvalue weighted by atomic mass is 16.7. The van der Waals surface area contributed by atoms with E-state index in [0.29, 0.717) is 19.3 Å². The second-order valence-electron chi connectivity index (χ2n) is 23.9. The van der Waals surface area contributed by atoms with Gasteiger partial charge in [0, 0.05) is 6.42 Å². The summed E-state index contributed by atoms with van der Waals surface area (Å²) in [4.78, 5) is 26.6. The minimum absolute atomic E-state index is 0.126. The Kier molecular flexibility index (Phi) is 53.9. The summed E-state index contributed by atoms with van der Waals surface area (Å²) in [7, 11) is 0. The van der Waals surface area contributed by atoms with Crippen LogP contribution in [0.5, 0.6) is 0 Å². The lowest BCUT2D eigenvalue weighted by Crippen LogP contribution is -2.61. The number of allylic oxidation sites excluding steroid dienone is 3. The zero-order chi connectivity index (χ0) is 57.5. The summed E-state index contributed by atoms with van der Waals surface area (Å²) in [6.45, 7) is 5.84. The van der Waals surface area contributed by atoms with E-state index in [2.05, 4.69) is 38.2 Å². The van der Waals surface area contributed by atoms with E-state index in [1.807, 2.05) is 6.08 Å². The first-order valence-corrected chi connectivity index (χ1v) is 34.1. The maximum Gasteiger partial charge on any atom is 0.306 e. The number of rotatable bonds is 59. The van der Waals surface area contributed by atoms with E-state index in [-0.39, 0.29) is 13.0 Å². The summed E-state index contributed by atoms with van der Waals surface area (Å²) in [6.07, 6.45) is 56.4. The van der Waals surface area contributed by atoms with Crippen molar-refractivity contribution in [3.8, 4) is 0 Å². The summed E-state index contributed by atoms with van der Waals surface area (Å²) < 4.78 is 17.7. The molecule has 0 saturated carbocycles. The summed E-state index contributed by atoms with van der Waals surface area (Å²) in [5.41, 5.74) is 0. The van der Waals surface area contributed by atoms with Crippen LogP contribution in [0.4, 0.5) is 0 Å². The number of carbonyl (C=O) groups excluding carboxylic acids is 2. The number of aliphatic hydroxyl groups is 5. The number of aliphatic hydroxyl groups excluding tert-OH is 5. The van der Waals surface area contributed by atoms with E-state index < -0.39 is 67.4 Å². The van der Waals surface area contributed by atoms with Gasteiger partial charge in [-0.05, 0) is 51.4 Å². The smallest absolute Gasteiger partial charge is 0.306 e. The van der Waals surface area contributed by atoms with Gasteiger partial charge in [-0.1, -0.05) is 302 Å². The lowest BCUT2D eigenvalue weighted by molar-refractivity contribution is -0.305. The molecule has 1 heterocycles. The number of hydrogen-bond acceptors (Lipinski definition) is 10. The van der Waals surface area contributed by atoms with E-state index >= 15 is 0 Å². The zero-order valence-electron chi connectivity index (χ0n) is 51.8. The zero-order valence-corrected chi connectivity index (χ0v) is 51.8. The van der Waals surface area contributed by atoms with E-state index in [4.69, 9.17) is 14.2 Å². The highest BCUT2D eigenvalue weighted by Crippen LogP contribution is 2.26. The van der Waals surface area contributed by atoms with Crippen LogP contribution >= 0.6 is 0 Å². The van der Waals surface area contributed by atoms with Gasteiger partial charge in [-0.15, -0.1) is 0 Å². The van der Waals surface area contributed by atoms with E-state index in [1.165, 1.54) is 231 Å². The number of hydrogen-bond donors (Lipinski definition) is 6. The molecule has 1 fully saturated rings. The van der Waals surface area contributed by atoms with Crippen LogP contribution in [0.15, 0.2) is 24.3 Å². The number of unbranched alkanes of at least 4 members (excludes halogenated alkanes) is 43. The summed E-state index contributed by atoms with van der Waals surface area (Å²) in [5, 5.41) is 57.2. The molecule has 79 heavy (non-hydrogen) atoms. The van der Waals surface area contributed by atoms with E-state index in [1.54, 1.807) is 6.08 Å². The molecular weight excluding hydrogens is 991 g/mol. The number of nitrogens with one attached hydrogen (secondary N) is 1. The van der Waals surface area contributed by atoms with E-state index in [0.717, 1.165) is 57.8 Å².